The van der Waals surface area contributed by atoms with Gasteiger partial charge < -0.3 is 15.4 Å². The number of nitrogens with two attached hydrogens (primary N) is 1. The van der Waals surface area contributed by atoms with E-state index >= 15 is 0 Å². The third-order valence-electron chi connectivity index (χ3n) is 3.80. The summed E-state index contributed by atoms with van der Waals surface area (Å²) >= 11 is 0. The quantitative estimate of drug-likeness (QED) is 0.846. The largest absolute Gasteiger partial charge is 0.445 e. The van der Waals surface area contributed by atoms with E-state index in [4.69, 9.17) is 10.5 Å². The van der Waals surface area contributed by atoms with Crippen molar-refractivity contribution in [2.75, 3.05) is 18.5 Å². The van der Waals surface area contributed by atoms with E-state index in [9.17, 15) is 9.00 Å². The van der Waals surface area contributed by atoms with Crippen LogP contribution in [0.5, 0.6) is 0 Å². The average molecular weight is 346 g/mol. The number of carbonyl (C=O) groups excluding carboxylic acids is 1. The molecular formula is C16H18N4O3S. The summed E-state index contributed by atoms with van der Waals surface area (Å²) in [5.41, 5.74) is 8.30. The number of hydrogen-bond donors (Lipinski definition) is 1. The number of amides is 1. The third kappa shape index (κ3) is 3.53. The summed E-state index contributed by atoms with van der Waals surface area (Å²) in [6, 6.07) is 9.50. The van der Waals surface area contributed by atoms with Crippen LogP contribution in [0.1, 0.15) is 16.8 Å². The van der Waals surface area contributed by atoms with Crippen LogP contribution in [0.15, 0.2) is 35.5 Å². The molecule has 2 heterocycles. The summed E-state index contributed by atoms with van der Waals surface area (Å²) in [6.45, 7) is 0.988. The Morgan fingerprint density at radius 1 is 1.33 bits per heavy atom. The second kappa shape index (κ2) is 6.96. The molecule has 1 aliphatic heterocycles. The van der Waals surface area contributed by atoms with Crippen LogP contribution in [0.25, 0.3) is 0 Å². The molecule has 1 aliphatic rings. The fourth-order valence-corrected chi connectivity index (χ4v) is 3.00. The van der Waals surface area contributed by atoms with Gasteiger partial charge in [0.2, 0.25) is 5.16 Å². The van der Waals surface area contributed by atoms with Gasteiger partial charge in [0.15, 0.2) is 0 Å². The van der Waals surface area contributed by atoms with E-state index in [-0.39, 0.29) is 18.3 Å². The number of nitrogen functional groups attached to an aromatic ring is 1. The van der Waals surface area contributed by atoms with Crippen molar-refractivity contribution in [3.05, 3.63) is 47.2 Å². The normalized spacial score (nSPS) is 14.8. The summed E-state index contributed by atoms with van der Waals surface area (Å²) in [5.74, 6) is 0.336. The molecule has 7 nitrogen and oxygen atoms in total. The standard InChI is InChI=1S/C16H18N4O3S/c1-24(22)15-18-13-9-20(8-7-12(13)14(17)19-15)16(21)23-10-11-5-3-2-4-6-11/h2-6H,7-10H2,1H3,(H2,17,18,19). The predicted octanol–water partition coefficient (Wildman–Crippen LogP) is 1.49. The molecule has 2 N–H and O–H groups in total. The molecule has 126 valence electrons. The van der Waals surface area contributed by atoms with Crippen molar-refractivity contribution in [3.8, 4) is 0 Å². The SMILES string of the molecule is CS(=O)c1nc(N)c2c(n1)CN(C(=O)OCc1ccccc1)CC2. The Kier molecular flexibility index (Phi) is 4.75. The van der Waals surface area contributed by atoms with Crippen LogP contribution >= 0.6 is 0 Å². The molecule has 24 heavy (non-hydrogen) atoms. The smallest absolute Gasteiger partial charge is 0.410 e. The maximum absolute atomic E-state index is 12.3. The van der Waals surface area contributed by atoms with Crippen molar-refractivity contribution in [2.24, 2.45) is 0 Å². The fraction of sp³-hybridized carbons (Fsp3) is 0.312. The van der Waals surface area contributed by atoms with Crippen LogP contribution in [0.4, 0.5) is 10.6 Å². The number of fused-ring (bicyclic) bond motifs is 1. The predicted molar refractivity (Wildman–Crippen MR) is 89.5 cm³/mol. The Hall–Kier alpha value is -2.48. The molecule has 8 heteroatoms. The summed E-state index contributed by atoms with van der Waals surface area (Å²) in [7, 11) is -1.32. The molecule has 2 aromatic rings. The highest BCUT2D eigenvalue weighted by atomic mass is 32.2. The minimum atomic E-state index is -1.32. The number of carbonyl (C=O) groups is 1. The van der Waals surface area contributed by atoms with Crippen molar-refractivity contribution in [3.63, 3.8) is 0 Å². The minimum Gasteiger partial charge on any atom is -0.445 e. The molecule has 0 bridgehead atoms. The van der Waals surface area contributed by atoms with Gasteiger partial charge in [-0.3, -0.25) is 4.21 Å². The Bertz CT molecular complexity index is 782. The number of rotatable bonds is 3. The first kappa shape index (κ1) is 16.4. The maximum Gasteiger partial charge on any atom is 0.410 e. The number of nitrogens with zero attached hydrogens (tertiary/aromatic N) is 3. The van der Waals surface area contributed by atoms with Crippen LogP contribution < -0.4 is 5.73 Å². The molecule has 1 amide bonds. The Morgan fingerprint density at radius 3 is 2.79 bits per heavy atom. The van der Waals surface area contributed by atoms with Gasteiger partial charge in [-0.05, 0) is 12.0 Å². The van der Waals surface area contributed by atoms with Gasteiger partial charge >= 0.3 is 6.09 Å². The average Bonchev–Trinajstić information content (AvgIpc) is 2.60. The lowest BCUT2D eigenvalue weighted by atomic mass is 10.1. The Balaban J connectivity index is 1.70. The molecule has 1 aromatic heterocycles. The highest BCUT2D eigenvalue weighted by Gasteiger charge is 2.26. The van der Waals surface area contributed by atoms with Crippen molar-refractivity contribution in [1.29, 1.82) is 0 Å². The fourth-order valence-electron chi connectivity index (χ4n) is 2.53. The monoisotopic (exact) mass is 346 g/mol. The van der Waals surface area contributed by atoms with Crippen molar-refractivity contribution in [2.45, 2.75) is 24.7 Å². The van der Waals surface area contributed by atoms with E-state index in [1.54, 1.807) is 4.90 Å². The lowest BCUT2D eigenvalue weighted by molar-refractivity contribution is 0.0911. The first-order valence-corrected chi connectivity index (χ1v) is 9.04. The number of ether oxygens (including phenoxy) is 1. The van der Waals surface area contributed by atoms with Crippen LogP contribution in [-0.4, -0.2) is 38.0 Å². The summed E-state index contributed by atoms with van der Waals surface area (Å²) in [4.78, 5) is 22.2. The third-order valence-corrected chi connectivity index (χ3v) is 4.49. The molecule has 0 fully saturated rings. The molecule has 0 saturated heterocycles. The first-order chi connectivity index (χ1) is 11.5. The molecule has 1 unspecified atom stereocenters. The van der Waals surface area contributed by atoms with Crippen LogP contribution in [0.3, 0.4) is 0 Å². The number of hydrogen-bond acceptors (Lipinski definition) is 6. The maximum atomic E-state index is 12.3. The first-order valence-electron chi connectivity index (χ1n) is 7.49. The van der Waals surface area contributed by atoms with E-state index in [2.05, 4.69) is 9.97 Å². The van der Waals surface area contributed by atoms with Crippen molar-refractivity contribution >= 4 is 22.7 Å². The minimum absolute atomic E-state index is 0.186. The number of aromatic nitrogens is 2. The van der Waals surface area contributed by atoms with E-state index in [1.165, 1.54) is 6.26 Å². The van der Waals surface area contributed by atoms with E-state index in [0.29, 0.717) is 24.5 Å². The van der Waals surface area contributed by atoms with E-state index in [0.717, 1.165) is 11.1 Å². The second-order valence-corrected chi connectivity index (χ2v) is 6.76. The highest BCUT2D eigenvalue weighted by Crippen LogP contribution is 2.23. The van der Waals surface area contributed by atoms with E-state index < -0.39 is 16.9 Å². The van der Waals surface area contributed by atoms with Crippen molar-refractivity contribution < 1.29 is 13.7 Å². The lowest BCUT2D eigenvalue weighted by Gasteiger charge is -2.28. The van der Waals surface area contributed by atoms with Crippen LogP contribution in [-0.2, 0) is 35.1 Å². The second-order valence-electron chi connectivity index (χ2n) is 5.48. The van der Waals surface area contributed by atoms with Gasteiger partial charge in [0.1, 0.15) is 12.4 Å². The molecule has 1 atom stereocenters. The lowest BCUT2D eigenvalue weighted by Crippen LogP contribution is -2.37. The van der Waals surface area contributed by atoms with Gasteiger partial charge in [-0.25, -0.2) is 14.8 Å². The van der Waals surface area contributed by atoms with Gasteiger partial charge in [0, 0.05) is 18.4 Å². The molecule has 3 rings (SSSR count). The molecule has 0 spiro atoms. The number of benzene rings is 1. The topological polar surface area (TPSA) is 98.4 Å². The Labute approximate surface area is 142 Å². The van der Waals surface area contributed by atoms with Gasteiger partial charge in [-0.15, -0.1) is 0 Å². The molecule has 1 aromatic carbocycles. The highest BCUT2D eigenvalue weighted by molar-refractivity contribution is 7.84. The zero-order valence-electron chi connectivity index (χ0n) is 13.3. The molecule has 0 radical (unpaired) electrons. The molecule has 0 saturated carbocycles. The number of anilines is 1. The molecule has 0 aliphatic carbocycles. The zero-order chi connectivity index (χ0) is 17.1. The summed E-state index contributed by atoms with van der Waals surface area (Å²) < 4.78 is 16.9. The zero-order valence-corrected chi connectivity index (χ0v) is 14.1. The van der Waals surface area contributed by atoms with Crippen LogP contribution in [0.2, 0.25) is 0 Å². The van der Waals surface area contributed by atoms with Gasteiger partial charge in [-0.1, -0.05) is 30.3 Å². The molecular weight excluding hydrogens is 328 g/mol. The van der Waals surface area contributed by atoms with Crippen LogP contribution in [0, 0.1) is 0 Å². The van der Waals surface area contributed by atoms with E-state index in [1.807, 2.05) is 30.3 Å². The van der Waals surface area contributed by atoms with Crippen molar-refractivity contribution in [1.82, 2.24) is 14.9 Å². The van der Waals surface area contributed by atoms with Gasteiger partial charge in [-0.2, -0.15) is 0 Å². The van der Waals surface area contributed by atoms with Gasteiger partial charge in [0.25, 0.3) is 0 Å². The summed E-state index contributed by atoms with van der Waals surface area (Å²) in [6.07, 6.45) is 1.65. The van der Waals surface area contributed by atoms with Gasteiger partial charge in [0.05, 0.1) is 23.0 Å². The Morgan fingerprint density at radius 2 is 2.08 bits per heavy atom. The summed E-state index contributed by atoms with van der Waals surface area (Å²) in [5, 5.41) is 0.186.